The third-order valence-electron chi connectivity index (χ3n) is 4.51. The van der Waals surface area contributed by atoms with E-state index in [4.69, 9.17) is 4.74 Å². The summed E-state index contributed by atoms with van der Waals surface area (Å²) in [4.78, 5) is 16.3. The molecule has 2 rings (SSSR count). The second-order valence-corrected chi connectivity index (χ2v) is 7.73. The average Bonchev–Trinajstić information content (AvgIpc) is 2.37. The summed E-state index contributed by atoms with van der Waals surface area (Å²) in [6.07, 6.45) is 3.50. The fourth-order valence-electron chi connectivity index (χ4n) is 3.11. The first-order valence-electron chi connectivity index (χ1n) is 8.11. The number of ether oxygens (including phenoxy) is 1. The van der Waals surface area contributed by atoms with E-state index in [1.165, 1.54) is 0 Å². The van der Waals surface area contributed by atoms with Crippen molar-refractivity contribution < 1.29 is 14.6 Å². The molecular formula is C16H30N2O3. The van der Waals surface area contributed by atoms with Crippen LogP contribution >= 0.6 is 0 Å². The molecule has 0 aromatic carbocycles. The molecule has 0 aliphatic carbocycles. The number of piperidine rings is 2. The maximum Gasteiger partial charge on any atom is 0.410 e. The summed E-state index contributed by atoms with van der Waals surface area (Å²) >= 11 is 0. The molecule has 5 nitrogen and oxygen atoms in total. The van der Waals surface area contributed by atoms with Crippen LogP contribution in [0.25, 0.3) is 0 Å². The molecule has 0 radical (unpaired) electrons. The molecule has 1 amide bonds. The number of likely N-dealkylation sites (tertiary alicyclic amines) is 2. The van der Waals surface area contributed by atoms with E-state index in [9.17, 15) is 9.90 Å². The van der Waals surface area contributed by atoms with E-state index < -0.39 is 11.2 Å². The van der Waals surface area contributed by atoms with Crippen LogP contribution in [0, 0.1) is 0 Å². The fraction of sp³-hybridized carbons (Fsp3) is 0.938. The summed E-state index contributed by atoms with van der Waals surface area (Å²) in [7, 11) is 0. The highest BCUT2D eigenvalue weighted by Crippen LogP contribution is 2.26. The SMILES string of the molecule is CC1(O)CCN(C2CCN(C(=O)OC(C)(C)C)CC2)CC1. The first kappa shape index (κ1) is 16.6. The maximum absolute atomic E-state index is 12.0. The van der Waals surface area contributed by atoms with E-state index in [1.807, 2.05) is 32.6 Å². The fourth-order valence-corrected chi connectivity index (χ4v) is 3.11. The lowest BCUT2D eigenvalue weighted by Gasteiger charge is -2.43. The van der Waals surface area contributed by atoms with Gasteiger partial charge in [0.2, 0.25) is 0 Å². The van der Waals surface area contributed by atoms with Crippen LogP contribution in [0.3, 0.4) is 0 Å². The van der Waals surface area contributed by atoms with Crippen molar-refractivity contribution in [1.82, 2.24) is 9.80 Å². The summed E-state index contributed by atoms with van der Waals surface area (Å²) in [6.45, 7) is 11.1. The van der Waals surface area contributed by atoms with Crippen LogP contribution in [0.1, 0.15) is 53.4 Å². The predicted octanol–water partition coefficient (Wildman–Crippen LogP) is 2.23. The van der Waals surface area contributed by atoms with E-state index in [0.29, 0.717) is 6.04 Å². The number of aliphatic hydroxyl groups is 1. The predicted molar refractivity (Wildman–Crippen MR) is 82.3 cm³/mol. The molecule has 2 saturated heterocycles. The van der Waals surface area contributed by atoms with Gasteiger partial charge >= 0.3 is 6.09 Å². The number of hydrogen-bond donors (Lipinski definition) is 1. The van der Waals surface area contributed by atoms with Gasteiger partial charge in [-0.05, 0) is 53.4 Å². The molecule has 2 fully saturated rings. The minimum Gasteiger partial charge on any atom is -0.444 e. The topological polar surface area (TPSA) is 53.0 Å². The van der Waals surface area contributed by atoms with Crippen molar-refractivity contribution in [2.75, 3.05) is 26.2 Å². The molecule has 2 aliphatic heterocycles. The third kappa shape index (κ3) is 4.85. The Labute approximate surface area is 128 Å². The van der Waals surface area contributed by atoms with Gasteiger partial charge in [0.05, 0.1) is 5.60 Å². The van der Waals surface area contributed by atoms with Crippen molar-refractivity contribution in [3.8, 4) is 0 Å². The zero-order chi connectivity index (χ0) is 15.7. The second kappa shape index (κ2) is 6.13. The van der Waals surface area contributed by atoms with Gasteiger partial charge < -0.3 is 19.6 Å². The summed E-state index contributed by atoms with van der Waals surface area (Å²) < 4.78 is 5.43. The largest absolute Gasteiger partial charge is 0.444 e. The van der Waals surface area contributed by atoms with Crippen molar-refractivity contribution in [1.29, 1.82) is 0 Å². The van der Waals surface area contributed by atoms with Crippen LogP contribution in [0.4, 0.5) is 4.79 Å². The van der Waals surface area contributed by atoms with Crippen molar-refractivity contribution in [3.63, 3.8) is 0 Å². The smallest absolute Gasteiger partial charge is 0.410 e. The van der Waals surface area contributed by atoms with Gasteiger partial charge in [-0.1, -0.05) is 0 Å². The zero-order valence-electron chi connectivity index (χ0n) is 13.9. The molecule has 0 saturated carbocycles. The van der Waals surface area contributed by atoms with E-state index in [-0.39, 0.29) is 6.09 Å². The van der Waals surface area contributed by atoms with Gasteiger partial charge in [-0.25, -0.2) is 4.79 Å². The van der Waals surface area contributed by atoms with Crippen molar-refractivity contribution >= 4 is 6.09 Å². The van der Waals surface area contributed by atoms with E-state index >= 15 is 0 Å². The Morgan fingerprint density at radius 1 is 1.14 bits per heavy atom. The lowest BCUT2D eigenvalue weighted by molar-refractivity contribution is -0.0268. The third-order valence-corrected chi connectivity index (χ3v) is 4.51. The molecule has 0 spiro atoms. The standard InChI is InChI=1S/C16H30N2O3/c1-15(2,3)21-14(19)18-9-5-13(6-10-18)17-11-7-16(4,20)8-12-17/h13,20H,5-12H2,1-4H3. The molecule has 0 aromatic heterocycles. The molecule has 2 heterocycles. The quantitative estimate of drug-likeness (QED) is 0.806. The molecule has 0 atom stereocenters. The highest BCUT2D eigenvalue weighted by molar-refractivity contribution is 5.68. The van der Waals surface area contributed by atoms with Gasteiger partial charge in [0.1, 0.15) is 5.60 Å². The van der Waals surface area contributed by atoms with Crippen molar-refractivity contribution in [2.24, 2.45) is 0 Å². The Morgan fingerprint density at radius 3 is 2.14 bits per heavy atom. The number of carbonyl (C=O) groups is 1. The maximum atomic E-state index is 12.0. The molecule has 0 bridgehead atoms. The van der Waals surface area contributed by atoms with Crippen LogP contribution < -0.4 is 0 Å². The Hall–Kier alpha value is -0.810. The van der Waals surface area contributed by atoms with Gasteiger partial charge in [0.25, 0.3) is 0 Å². The second-order valence-electron chi connectivity index (χ2n) is 7.73. The van der Waals surface area contributed by atoms with Crippen LogP contribution in [0.15, 0.2) is 0 Å². The summed E-state index contributed by atoms with van der Waals surface area (Å²) in [5.74, 6) is 0. The van der Waals surface area contributed by atoms with Gasteiger partial charge in [0, 0.05) is 32.2 Å². The van der Waals surface area contributed by atoms with E-state index in [2.05, 4.69) is 4.90 Å². The number of carbonyl (C=O) groups excluding carboxylic acids is 1. The molecule has 21 heavy (non-hydrogen) atoms. The Balaban J connectivity index is 1.77. The van der Waals surface area contributed by atoms with Crippen molar-refractivity contribution in [3.05, 3.63) is 0 Å². The van der Waals surface area contributed by atoms with Crippen LogP contribution in [0.2, 0.25) is 0 Å². The summed E-state index contributed by atoms with van der Waals surface area (Å²) in [5, 5.41) is 10.0. The van der Waals surface area contributed by atoms with Gasteiger partial charge in [-0.2, -0.15) is 0 Å². The van der Waals surface area contributed by atoms with Crippen LogP contribution in [-0.2, 0) is 4.74 Å². The first-order chi connectivity index (χ1) is 9.66. The summed E-state index contributed by atoms with van der Waals surface area (Å²) in [5.41, 5.74) is -0.917. The summed E-state index contributed by atoms with van der Waals surface area (Å²) in [6, 6.07) is 0.541. The van der Waals surface area contributed by atoms with Gasteiger partial charge in [0.15, 0.2) is 0 Å². The average molecular weight is 298 g/mol. The molecule has 2 aliphatic rings. The normalized spacial score (nSPS) is 24.9. The monoisotopic (exact) mass is 298 g/mol. The Kier molecular flexibility index (Phi) is 4.83. The van der Waals surface area contributed by atoms with Crippen molar-refractivity contribution in [2.45, 2.75) is 70.6 Å². The molecule has 5 heteroatoms. The molecular weight excluding hydrogens is 268 g/mol. The Bertz CT molecular complexity index is 358. The highest BCUT2D eigenvalue weighted by Gasteiger charge is 2.33. The minimum absolute atomic E-state index is 0.192. The molecule has 1 N–H and O–H groups in total. The lowest BCUT2D eigenvalue weighted by atomic mass is 9.91. The number of amides is 1. The van der Waals surface area contributed by atoms with E-state index in [0.717, 1.165) is 51.9 Å². The zero-order valence-corrected chi connectivity index (χ0v) is 13.9. The van der Waals surface area contributed by atoms with Gasteiger partial charge in [-0.3, -0.25) is 0 Å². The lowest BCUT2D eigenvalue weighted by Crippen LogP contribution is -2.52. The minimum atomic E-state index is -0.492. The molecule has 0 unspecified atom stereocenters. The van der Waals surface area contributed by atoms with Crippen LogP contribution in [-0.4, -0.2) is 64.4 Å². The molecule has 122 valence electrons. The van der Waals surface area contributed by atoms with Crippen LogP contribution in [0.5, 0.6) is 0 Å². The highest BCUT2D eigenvalue weighted by atomic mass is 16.6. The van der Waals surface area contributed by atoms with E-state index in [1.54, 1.807) is 0 Å². The Morgan fingerprint density at radius 2 is 1.67 bits per heavy atom. The molecule has 0 aromatic rings. The number of nitrogens with zero attached hydrogens (tertiary/aromatic N) is 2. The number of rotatable bonds is 1. The number of hydrogen-bond acceptors (Lipinski definition) is 4. The first-order valence-corrected chi connectivity index (χ1v) is 8.11. The van der Waals surface area contributed by atoms with Gasteiger partial charge in [-0.15, -0.1) is 0 Å².